The van der Waals surface area contributed by atoms with Crippen LogP contribution in [0.4, 0.5) is 5.82 Å². The molecule has 0 amide bonds. The highest BCUT2D eigenvalue weighted by molar-refractivity contribution is 6.03. The van der Waals surface area contributed by atoms with Gasteiger partial charge in [0.25, 0.3) is 0 Å². The summed E-state index contributed by atoms with van der Waals surface area (Å²) in [6.45, 7) is 3.18. The molecule has 1 spiro atoms. The van der Waals surface area contributed by atoms with E-state index in [4.69, 9.17) is 18.9 Å². The number of aromatic nitrogens is 2. The smallest absolute Gasteiger partial charge is 0.343 e. The summed E-state index contributed by atoms with van der Waals surface area (Å²) in [6, 6.07) is 3.42. The average molecular weight is 427 g/mol. The Morgan fingerprint density at radius 2 is 2.00 bits per heavy atom. The van der Waals surface area contributed by atoms with Crippen molar-refractivity contribution >= 4 is 17.6 Å². The fourth-order valence-corrected chi connectivity index (χ4v) is 4.18. The molecule has 1 aromatic carbocycles. The Balaban J connectivity index is 1.56. The van der Waals surface area contributed by atoms with Crippen LogP contribution in [0.25, 0.3) is 0 Å². The zero-order valence-electron chi connectivity index (χ0n) is 17.8. The van der Waals surface area contributed by atoms with E-state index in [-0.39, 0.29) is 18.8 Å². The van der Waals surface area contributed by atoms with E-state index < -0.39 is 11.6 Å². The van der Waals surface area contributed by atoms with E-state index in [1.165, 1.54) is 19.6 Å². The van der Waals surface area contributed by atoms with Gasteiger partial charge in [0.15, 0.2) is 5.78 Å². The molecule has 0 saturated carbocycles. The maximum absolute atomic E-state index is 13.0. The maximum Gasteiger partial charge on any atom is 0.343 e. The van der Waals surface area contributed by atoms with E-state index in [9.17, 15) is 9.59 Å². The first-order valence-corrected chi connectivity index (χ1v) is 10.2. The number of Topliss-reactive ketones (excluding diaryl/α,β-unsaturated/α-hetero) is 1. The van der Waals surface area contributed by atoms with Gasteiger partial charge in [-0.2, -0.15) is 0 Å². The molecule has 0 unspecified atom stereocenters. The molecule has 31 heavy (non-hydrogen) atoms. The van der Waals surface area contributed by atoms with Crippen molar-refractivity contribution < 1.29 is 28.5 Å². The Labute approximate surface area is 180 Å². The molecule has 3 heterocycles. The molecule has 0 radical (unpaired) electrons. The third-order valence-corrected chi connectivity index (χ3v) is 5.74. The summed E-state index contributed by atoms with van der Waals surface area (Å²) in [6.07, 6.45) is 4.36. The first-order valence-electron chi connectivity index (χ1n) is 10.2. The maximum atomic E-state index is 13.0. The molecule has 9 nitrogen and oxygen atoms in total. The van der Waals surface area contributed by atoms with Crippen molar-refractivity contribution in [1.29, 1.82) is 0 Å². The van der Waals surface area contributed by atoms with Gasteiger partial charge in [-0.25, -0.2) is 14.8 Å². The standard InChI is InChI=1S/C22H25N3O6/c1-4-30-21(27)15-12-23-13-24-20(15)25-7-5-22(6-8-25)11-16(26)19-17(29-3)9-14(28-2)10-18(19)31-22/h9-10,12-13H,4-8,11H2,1-3H3. The number of esters is 1. The number of carbonyl (C=O) groups excluding carboxylic acids is 2. The lowest BCUT2D eigenvalue weighted by Crippen LogP contribution is -2.51. The van der Waals surface area contributed by atoms with Gasteiger partial charge in [0.2, 0.25) is 0 Å². The minimum atomic E-state index is -0.616. The van der Waals surface area contributed by atoms with Gasteiger partial charge in [-0.3, -0.25) is 4.79 Å². The van der Waals surface area contributed by atoms with E-state index >= 15 is 0 Å². The number of piperidine rings is 1. The lowest BCUT2D eigenvalue weighted by molar-refractivity contribution is 0.0224. The van der Waals surface area contributed by atoms with Crippen LogP contribution in [0.5, 0.6) is 17.2 Å². The molecule has 1 saturated heterocycles. The monoisotopic (exact) mass is 427 g/mol. The third kappa shape index (κ3) is 3.87. The summed E-state index contributed by atoms with van der Waals surface area (Å²) in [5.74, 6) is 1.58. The van der Waals surface area contributed by atoms with E-state index in [2.05, 4.69) is 9.97 Å². The molecule has 0 atom stereocenters. The fourth-order valence-electron chi connectivity index (χ4n) is 4.18. The average Bonchev–Trinajstić information content (AvgIpc) is 2.78. The summed E-state index contributed by atoms with van der Waals surface area (Å²) in [5, 5.41) is 0. The molecule has 1 aromatic heterocycles. The molecule has 9 heteroatoms. The van der Waals surface area contributed by atoms with Crippen LogP contribution in [-0.2, 0) is 4.74 Å². The second kappa shape index (κ2) is 8.41. The normalized spacial score (nSPS) is 17.0. The first kappa shape index (κ1) is 20.9. The van der Waals surface area contributed by atoms with Crippen molar-refractivity contribution in [3.8, 4) is 17.2 Å². The largest absolute Gasteiger partial charge is 0.496 e. The van der Waals surface area contributed by atoms with Crippen molar-refractivity contribution in [2.75, 3.05) is 38.8 Å². The van der Waals surface area contributed by atoms with Crippen molar-refractivity contribution in [2.24, 2.45) is 0 Å². The second-order valence-electron chi connectivity index (χ2n) is 7.56. The predicted molar refractivity (Wildman–Crippen MR) is 111 cm³/mol. The van der Waals surface area contributed by atoms with E-state index in [0.29, 0.717) is 60.1 Å². The highest BCUT2D eigenvalue weighted by atomic mass is 16.5. The number of ether oxygens (including phenoxy) is 4. The Morgan fingerprint density at radius 1 is 1.23 bits per heavy atom. The number of nitrogens with zero attached hydrogens (tertiary/aromatic N) is 3. The van der Waals surface area contributed by atoms with Gasteiger partial charge < -0.3 is 23.8 Å². The SMILES string of the molecule is CCOC(=O)c1cncnc1N1CCC2(CC1)CC(=O)c1c(OC)cc(OC)cc1O2. The lowest BCUT2D eigenvalue weighted by atomic mass is 9.82. The number of ketones is 1. The van der Waals surface area contributed by atoms with Crippen LogP contribution in [0.1, 0.15) is 46.9 Å². The molecule has 2 aromatic rings. The quantitative estimate of drug-likeness (QED) is 0.667. The van der Waals surface area contributed by atoms with Crippen LogP contribution < -0.4 is 19.1 Å². The molecular weight excluding hydrogens is 402 g/mol. The zero-order valence-corrected chi connectivity index (χ0v) is 17.8. The van der Waals surface area contributed by atoms with Gasteiger partial charge in [0.05, 0.1) is 27.2 Å². The van der Waals surface area contributed by atoms with Crippen LogP contribution in [0.2, 0.25) is 0 Å². The number of methoxy groups -OCH3 is 2. The molecular formula is C22H25N3O6. The molecule has 4 rings (SSSR count). The van der Waals surface area contributed by atoms with Crippen LogP contribution in [-0.4, -0.2) is 61.2 Å². The minimum absolute atomic E-state index is 0.0107. The fraction of sp³-hybridized carbons (Fsp3) is 0.455. The van der Waals surface area contributed by atoms with Crippen LogP contribution >= 0.6 is 0 Å². The molecule has 0 bridgehead atoms. The zero-order chi connectivity index (χ0) is 22.0. The number of carbonyl (C=O) groups is 2. The second-order valence-corrected chi connectivity index (χ2v) is 7.56. The predicted octanol–water partition coefficient (Wildman–Crippen LogP) is 2.67. The number of anilines is 1. The number of rotatable bonds is 5. The molecule has 2 aliphatic heterocycles. The molecule has 1 fully saturated rings. The summed E-state index contributed by atoms with van der Waals surface area (Å²) in [4.78, 5) is 35.6. The highest BCUT2D eigenvalue weighted by Crippen LogP contribution is 2.45. The first-order chi connectivity index (χ1) is 15.0. The van der Waals surface area contributed by atoms with Gasteiger partial charge in [0.1, 0.15) is 46.1 Å². The Morgan fingerprint density at radius 3 is 2.68 bits per heavy atom. The van der Waals surface area contributed by atoms with Crippen LogP contribution in [0.3, 0.4) is 0 Å². The Bertz CT molecular complexity index is 1000. The molecule has 164 valence electrons. The number of benzene rings is 1. The molecule has 2 aliphatic rings. The summed E-state index contributed by atoms with van der Waals surface area (Å²) < 4.78 is 22.2. The van der Waals surface area contributed by atoms with E-state index in [1.807, 2.05) is 4.90 Å². The highest BCUT2D eigenvalue weighted by Gasteiger charge is 2.44. The van der Waals surface area contributed by atoms with Gasteiger partial charge in [-0.15, -0.1) is 0 Å². The van der Waals surface area contributed by atoms with E-state index in [0.717, 1.165) is 0 Å². The molecule has 0 N–H and O–H groups in total. The van der Waals surface area contributed by atoms with Crippen molar-refractivity contribution in [2.45, 2.75) is 31.8 Å². The van der Waals surface area contributed by atoms with Crippen molar-refractivity contribution in [3.63, 3.8) is 0 Å². The Hall–Kier alpha value is -3.36. The number of hydrogen-bond donors (Lipinski definition) is 0. The molecule has 0 aliphatic carbocycles. The summed E-state index contributed by atoms with van der Waals surface area (Å²) in [7, 11) is 3.08. The van der Waals surface area contributed by atoms with Crippen molar-refractivity contribution in [3.05, 3.63) is 35.8 Å². The van der Waals surface area contributed by atoms with E-state index in [1.54, 1.807) is 26.2 Å². The third-order valence-electron chi connectivity index (χ3n) is 5.74. The Kier molecular flexibility index (Phi) is 5.67. The van der Waals surface area contributed by atoms with Crippen molar-refractivity contribution in [1.82, 2.24) is 9.97 Å². The summed E-state index contributed by atoms with van der Waals surface area (Å²) in [5.41, 5.74) is 0.173. The number of fused-ring (bicyclic) bond motifs is 1. The van der Waals surface area contributed by atoms with Crippen LogP contribution in [0.15, 0.2) is 24.7 Å². The topological polar surface area (TPSA) is 100 Å². The van der Waals surface area contributed by atoms with Crippen LogP contribution in [0, 0.1) is 0 Å². The summed E-state index contributed by atoms with van der Waals surface area (Å²) >= 11 is 0. The van der Waals surface area contributed by atoms with Gasteiger partial charge in [-0.05, 0) is 6.92 Å². The van der Waals surface area contributed by atoms with Gasteiger partial charge in [0, 0.05) is 44.3 Å². The van der Waals surface area contributed by atoms with Gasteiger partial charge >= 0.3 is 5.97 Å². The lowest BCUT2D eigenvalue weighted by Gasteiger charge is -2.44. The number of hydrogen-bond acceptors (Lipinski definition) is 9. The minimum Gasteiger partial charge on any atom is -0.496 e. The van der Waals surface area contributed by atoms with Gasteiger partial charge in [-0.1, -0.05) is 0 Å².